The minimum atomic E-state index is -1.31. The van der Waals surface area contributed by atoms with Crippen LogP contribution in [0.5, 0.6) is 5.75 Å². The van der Waals surface area contributed by atoms with Crippen molar-refractivity contribution >= 4 is 23.3 Å². The fourth-order valence-corrected chi connectivity index (χ4v) is 4.50. The molecule has 0 atom stereocenters. The highest BCUT2D eigenvalue weighted by atomic mass is 35.5. The highest BCUT2D eigenvalue weighted by Crippen LogP contribution is 2.22. The third-order valence-corrected chi connectivity index (χ3v) is 7.13. The van der Waals surface area contributed by atoms with Gasteiger partial charge in [-0.15, -0.1) is 0 Å². The molecule has 5 nitrogen and oxygen atoms in total. The topological polar surface area (TPSA) is 68.1 Å². The van der Waals surface area contributed by atoms with Gasteiger partial charge in [-0.1, -0.05) is 113 Å². The van der Waals surface area contributed by atoms with Crippen LogP contribution in [0.4, 0.5) is 0 Å². The molecule has 0 aliphatic heterocycles. The van der Waals surface area contributed by atoms with E-state index in [9.17, 15) is 9.90 Å². The predicted molar refractivity (Wildman–Crippen MR) is 162 cm³/mol. The number of benzene rings is 2. The molecule has 0 heterocycles. The third kappa shape index (κ3) is 13.4. The van der Waals surface area contributed by atoms with Crippen LogP contribution in [0.15, 0.2) is 53.7 Å². The molecule has 0 radical (unpaired) electrons. The Morgan fingerprint density at radius 1 is 0.744 bits per heavy atom. The maximum Gasteiger partial charge on any atom is 0.347 e. The fourth-order valence-electron chi connectivity index (χ4n) is 4.37. The Labute approximate surface area is 240 Å². The van der Waals surface area contributed by atoms with E-state index in [1.165, 1.54) is 90.9 Å². The molecule has 2 aromatic rings. The molecule has 0 aliphatic rings. The number of hydrogen-bond acceptors (Lipinski definition) is 4. The van der Waals surface area contributed by atoms with Gasteiger partial charge >= 0.3 is 5.97 Å². The first kappa shape index (κ1) is 32.7. The van der Waals surface area contributed by atoms with Crippen molar-refractivity contribution in [1.82, 2.24) is 0 Å². The van der Waals surface area contributed by atoms with E-state index >= 15 is 0 Å². The van der Waals surface area contributed by atoms with Crippen molar-refractivity contribution in [2.75, 3.05) is 6.61 Å². The third-order valence-electron chi connectivity index (χ3n) is 6.88. The molecular formula is C33H48ClNO4. The summed E-state index contributed by atoms with van der Waals surface area (Å²) in [6, 6.07) is 14.7. The van der Waals surface area contributed by atoms with Crippen LogP contribution in [-0.4, -0.2) is 29.0 Å². The number of halogens is 1. The number of carbonyl (C=O) groups is 1. The Kier molecular flexibility index (Phi) is 15.7. The van der Waals surface area contributed by atoms with Crippen LogP contribution < -0.4 is 4.74 Å². The van der Waals surface area contributed by atoms with Gasteiger partial charge in [0.05, 0.1) is 0 Å². The number of rotatable bonds is 21. The van der Waals surface area contributed by atoms with Gasteiger partial charge in [0.2, 0.25) is 0 Å². The van der Waals surface area contributed by atoms with Crippen LogP contribution in [0, 0.1) is 0 Å². The van der Waals surface area contributed by atoms with Crippen molar-refractivity contribution in [2.45, 2.75) is 116 Å². The molecular weight excluding hydrogens is 510 g/mol. The number of aliphatic carboxylic acids is 1. The van der Waals surface area contributed by atoms with Crippen molar-refractivity contribution < 1.29 is 19.5 Å². The smallest absolute Gasteiger partial charge is 0.347 e. The first-order chi connectivity index (χ1) is 18.8. The molecule has 0 saturated carbocycles. The van der Waals surface area contributed by atoms with E-state index in [2.05, 4.69) is 12.1 Å². The van der Waals surface area contributed by atoms with Crippen LogP contribution in [0.1, 0.15) is 122 Å². The normalized spacial score (nSPS) is 11.9. The summed E-state index contributed by atoms with van der Waals surface area (Å²) in [5.74, 6) is -0.545. The molecule has 0 fully saturated rings. The zero-order valence-corrected chi connectivity index (χ0v) is 25.0. The lowest BCUT2D eigenvalue weighted by Crippen LogP contribution is -2.37. The summed E-state index contributed by atoms with van der Waals surface area (Å²) in [6.07, 6.45) is 18.5. The first-order valence-corrected chi connectivity index (χ1v) is 15.2. The molecule has 1 N–H and O–H groups in total. The second-order valence-electron chi connectivity index (χ2n) is 10.8. The highest BCUT2D eigenvalue weighted by Gasteiger charge is 2.29. The van der Waals surface area contributed by atoms with Gasteiger partial charge in [0.1, 0.15) is 18.1 Å². The molecule has 39 heavy (non-hydrogen) atoms. The SMILES string of the molecule is CCCCCCCCCCCCCCCCO/N=C(/c1ccc(Cl)cc1)c1ccc(OC(C)(C)C(=O)O)cc1. The average molecular weight is 558 g/mol. The van der Waals surface area contributed by atoms with Crippen molar-refractivity contribution in [3.8, 4) is 5.75 Å². The monoisotopic (exact) mass is 557 g/mol. The molecule has 0 spiro atoms. The lowest BCUT2D eigenvalue weighted by molar-refractivity contribution is -0.152. The van der Waals surface area contributed by atoms with Gasteiger partial charge in [0.15, 0.2) is 5.60 Å². The van der Waals surface area contributed by atoms with Gasteiger partial charge in [-0.3, -0.25) is 0 Å². The molecule has 2 aromatic carbocycles. The molecule has 2 rings (SSSR count). The summed E-state index contributed by atoms with van der Waals surface area (Å²) in [7, 11) is 0. The zero-order valence-electron chi connectivity index (χ0n) is 24.2. The lowest BCUT2D eigenvalue weighted by atomic mass is 10.0. The largest absolute Gasteiger partial charge is 0.478 e. The molecule has 216 valence electrons. The molecule has 6 heteroatoms. The van der Waals surface area contributed by atoms with E-state index in [1.807, 2.05) is 36.4 Å². The quantitative estimate of drug-likeness (QED) is 0.0941. The van der Waals surface area contributed by atoms with E-state index in [4.69, 9.17) is 21.2 Å². The van der Waals surface area contributed by atoms with E-state index in [-0.39, 0.29) is 0 Å². The maximum absolute atomic E-state index is 11.4. The van der Waals surface area contributed by atoms with Crippen LogP contribution in [0.25, 0.3) is 0 Å². The van der Waals surface area contributed by atoms with Gasteiger partial charge in [0.25, 0.3) is 0 Å². The number of nitrogens with zero attached hydrogens (tertiary/aromatic N) is 1. The second-order valence-corrected chi connectivity index (χ2v) is 11.3. The molecule has 0 amide bonds. The molecule has 0 aliphatic carbocycles. The minimum Gasteiger partial charge on any atom is -0.478 e. The van der Waals surface area contributed by atoms with Gasteiger partial charge in [-0.05, 0) is 63.1 Å². The van der Waals surface area contributed by atoms with Crippen LogP contribution >= 0.6 is 11.6 Å². The summed E-state index contributed by atoms with van der Waals surface area (Å²) in [4.78, 5) is 17.1. The van der Waals surface area contributed by atoms with E-state index in [0.717, 1.165) is 24.0 Å². The van der Waals surface area contributed by atoms with Crippen molar-refractivity contribution in [2.24, 2.45) is 5.16 Å². The number of unbranched alkanes of at least 4 members (excludes halogenated alkanes) is 13. The summed E-state index contributed by atoms with van der Waals surface area (Å²) in [5, 5.41) is 14.4. The lowest BCUT2D eigenvalue weighted by Gasteiger charge is -2.21. The van der Waals surface area contributed by atoms with Crippen molar-refractivity contribution in [3.63, 3.8) is 0 Å². The van der Waals surface area contributed by atoms with Gasteiger partial charge in [-0.25, -0.2) is 4.79 Å². The summed E-state index contributed by atoms with van der Waals surface area (Å²) >= 11 is 6.08. The summed E-state index contributed by atoms with van der Waals surface area (Å²) in [5.41, 5.74) is 1.12. The van der Waals surface area contributed by atoms with E-state index in [0.29, 0.717) is 23.1 Å². The van der Waals surface area contributed by atoms with Crippen molar-refractivity contribution in [1.29, 1.82) is 0 Å². The number of carboxylic acids is 1. The predicted octanol–water partition coefficient (Wildman–Crippen LogP) is 9.83. The summed E-state index contributed by atoms with van der Waals surface area (Å²) in [6.45, 7) is 5.89. The van der Waals surface area contributed by atoms with Crippen LogP contribution in [0.2, 0.25) is 5.02 Å². The molecule has 0 saturated heterocycles. The Bertz CT molecular complexity index is 970. The first-order valence-electron chi connectivity index (χ1n) is 14.8. The molecule has 0 aromatic heterocycles. The number of hydrogen-bond donors (Lipinski definition) is 1. The summed E-state index contributed by atoms with van der Waals surface area (Å²) < 4.78 is 5.63. The van der Waals surface area contributed by atoms with Gasteiger partial charge < -0.3 is 14.7 Å². The Balaban J connectivity index is 1.74. The number of oxime groups is 1. The Morgan fingerprint density at radius 2 is 1.18 bits per heavy atom. The fraction of sp³-hybridized carbons (Fsp3) is 0.576. The zero-order chi connectivity index (χ0) is 28.3. The number of carboxylic acid groups (broad SMARTS) is 1. The Morgan fingerprint density at radius 3 is 1.64 bits per heavy atom. The van der Waals surface area contributed by atoms with E-state index in [1.54, 1.807) is 12.1 Å². The van der Waals surface area contributed by atoms with Gasteiger partial charge in [0, 0.05) is 16.1 Å². The molecule has 0 bridgehead atoms. The number of ether oxygens (including phenoxy) is 1. The van der Waals surface area contributed by atoms with Crippen LogP contribution in [-0.2, 0) is 9.63 Å². The van der Waals surface area contributed by atoms with Crippen LogP contribution in [0.3, 0.4) is 0 Å². The standard InChI is InChI=1S/C33H48ClNO4/c1-4-5-6-7-8-9-10-11-12-13-14-15-16-17-26-38-35-31(27-18-22-29(34)23-19-27)28-20-24-30(25-21-28)39-33(2,3)32(36)37/h18-25H,4-17,26H2,1-3H3,(H,36,37)/b35-31-. The second kappa shape index (κ2) is 18.7. The van der Waals surface area contributed by atoms with Gasteiger partial charge in [-0.2, -0.15) is 0 Å². The van der Waals surface area contributed by atoms with Crippen molar-refractivity contribution in [3.05, 3.63) is 64.7 Å². The average Bonchev–Trinajstić information content (AvgIpc) is 2.91. The minimum absolute atomic E-state index is 0.477. The highest BCUT2D eigenvalue weighted by molar-refractivity contribution is 6.30. The Hall–Kier alpha value is -2.53. The molecule has 0 unspecified atom stereocenters. The maximum atomic E-state index is 11.4. The van der Waals surface area contributed by atoms with E-state index < -0.39 is 11.6 Å².